The first-order valence-corrected chi connectivity index (χ1v) is 7.67. The molecule has 1 fully saturated rings. The summed E-state index contributed by atoms with van der Waals surface area (Å²) in [5.41, 5.74) is 5.72. The Morgan fingerprint density at radius 2 is 2.18 bits per heavy atom. The van der Waals surface area contributed by atoms with Crippen LogP contribution in [0.2, 0.25) is 0 Å². The van der Waals surface area contributed by atoms with Crippen LogP contribution in [-0.2, 0) is 13.0 Å². The molecule has 0 bridgehead atoms. The number of nitrogens with zero attached hydrogens (tertiary/aromatic N) is 1. The summed E-state index contributed by atoms with van der Waals surface area (Å²) in [4.78, 5) is 5.67. The van der Waals surface area contributed by atoms with E-state index in [1.807, 2.05) is 11.3 Å². The summed E-state index contributed by atoms with van der Waals surface area (Å²) in [5.74, 6) is 0. The van der Waals surface area contributed by atoms with Crippen molar-refractivity contribution in [2.75, 3.05) is 13.1 Å². The highest BCUT2D eigenvalue weighted by Gasteiger charge is 2.21. The van der Waals surface area contributed by atoms with Crippen LogP contribution in [0.4, 0.5) is 0 Å². The maximum atomic E-state index is 5.72. The number of likely N-dealkylation sites (tertiary alicyclic amines) is 1. The van der Waals surface area contributed by atoms with E-state index in [0.717, 1.165) is 32.0 Å². The minimum absolute atomic E-state index is 0.723. The van der Waals surface area contributed by atoms with Gasteiger partial charge < -0.3 is 5.73 Å². The lowest BCUT2D eigenvalue weighted by Gasteiger charge is -2.35. The molecule has 17 heavy (non-hydrogen) atoms. The molecule has 3 heteroatoms. The zero-order valence-corrected chi connectivity index (χ0v) is 11.6. The first-order chi connectivity index (χ1) is 8.33. The van der Waals surface area contributed by atoms with E-state index in [4.69, 9.17) is 5.73 Å². The fraction of sp³-hybridized carbons (Fsp3) is 0.714. The largest absolute Gasteiger partial charge is 0.330 e. The molecule has 1 saturated heterocycles. The third kappa shape index (κ3) is 3.54. The van der Waals surface area contributed by atoms with E-state index in [1.165, 1.54) is 35.6 Å². The lowest BCUT2D eigenvalue weighted by Crippen LogP contribution is -2.39. The van der Waals surface area contributed by atoms with Gasteiger partial charge in [0.05, 0.1) is 0 Å². The highest BCUT2D eigenvalue weighted by molar-refractivity contribution is 7.11. The van der Waals surface area contributed by atoms with Crippen LogP contribution in [-0.4, -0.2) is 24.0 Å². The van der Waals surface area contributed by atoms with E-state index in [1.54, 1.807) is 0 Å². The van der Waals surface area contributed by atoms with E-state index in [-0.39, 0.29) is 0 Å². The second kappa shape index (κ2) is 6.53. The van der Waals surface area contributed by atoms with Gasteiger partial charge in [0.1, 0.15) is 0 Å². The van der Waals surface area contributed by atoms with Crippen molar-refractivity contribution in [3.63, 3.8) is 0 Å². The second-order valence-corrected chi connectivity index (χ2v) is 6.17. The van der Waals surface area contributed by atoms with Gasteiger partial charge in [-0.1, -0.05) is 13.3 Å². The van der Waals surface area contributed by atoms with Gasteiger partial charge >= 0.3 is 0 Å². The van der Waals surface area contributed by atoms with Gasteiger partial charge in [0.15, 0.2) is 0 Å². The Kier molecular flexibility index (Phi) is 5.01. The van der Waals surface area contributed by atoms with Gasteiger partial charge in [-0.05, 0) is 50.9 Å². The molecule has 0 spiro atoms. The Morgan fingerprint density at radius 1 is 1.35 bits per heavy atom. The van der Waals surface area contributed by atoms with E-state index in [0.29, 0.717) is 0 Å². The summed E-state index contributed by atoms with van der Waals surface area (Å²) < 4.78 is 0. The minimum atomic E-state index is 0.723. The molecule has 0 radical (unpaired) electrons. The highest BCUT2D eigenvalue weighted by Crippen LogP contribution is 2.24. The molecule has 1 aliphatic heterocycles. The fourth-order valence-corrected chi connectivity index (χ4v) is 3.67. The first-order valence-electron chi connectivity index (χ1n) is 6.85. The Hall–Kier alpha value is -0.380. The molecule has 2 nitrogen and oxygen atoms in total. The summed E-state index contributed by atoms with van der Waals surface area (Å²) in [6, 6.07) is 5.31. The number of hydrogen-bond acceptors (Lipinski definition) is 3. The number of thiophene rings is 1. The minimum Gasteiger partial charge on any atom is -0.330 e. The fourth-order valence-electron chi connectivity index (χ4n) is 2.68. The van der Waals surface area contributed by atoms with Crippen molar-refractivity contribution in [2.24, 2.45) is 5.73 Å². The maximum absolute atomic E-state index is 5.72. The van der Waals surface area contributed by atoms with Crippen molar-refractivity contribution in [1.82, 2.24) is 4.90 Å². The number of rotatable bonds is 5. The van der Waals surface area contributed by atoms with E-state index >= 15 is 0 Å². The average molecular weight is 252 g/mol. The number of aryl methyl sites for hydroxylation is 1. The molecule has 2 heterocycles. The summed E-state index contributed by atoms with van der Waals surface area (Å²) in [7, 11) is 0. The van der Waals surface area contributed by atoms with E-state index < -0.39 is 0 Å². The lowest BCUT2D eigenvalue weighted by atomic mass is 9.99. The van der Waals surface area contributed by atoms with E-state index in [2.05, 4.69) is 24.0 Å². The molecule has 1 aromatic rings. The van der Waals surface area contributed by atoms with Crippen LogP contribution in [0.15, 0.2) is 12.1 Å². The quantitative estimate of drug-likeness (QED) is 0.873. The molecule has 1 atom stereocenters. The Labute approximate surface area is 109 Å². The van der Waals surface area contributed by atoms with Crippen molar-refractivity contribution in [2.45, 2.75) is 51.6 Å². The van der Waals surface area contributed by atoms with Gasteiger partial charge in [-0.15, -0.1) is 11.3 Å². The van der Waals surface area contributed by atoms with Crippen LogP contribution in [0.25, 0.3) is 0 Å². The van der Waals surface area contributed by atoms with Crippen LogP contribution in [0.3, 0.4) is 0 Å². The van der Waals surface area contributed by atoms with Crippen LogP contribution >= 0.6 is 11.3 Å². The SMILES string of the molecule is CCc1ccc(CN2CCCCC2CCN)s1. The van der Waals surface area contributed by atoms with Gasteiger partial charge in [-0.2, -0.15) is 0 Å². The topological polar surface area (TPSA) is 29.3 Å². The molecule has 2 N–H and O–H groups in total. The smallest absolute Gasteiger partial charge is 0.0330 e. The summed E-state index contributed by atoms with van der Waals surface area (Å²) in [6.07, 6.45) is 6.39. The predicted octanol–water partition coefficient (Wildman–Crippen LogP) is 3.01. The Morgan fingerprint density at radius 3 is 2.88 bits per heavy atom. The zero-order chi connectivity index (χ0) is 12.1. The molecular formula is C14H24N2S. The third-order valence-corrected chi connectivity index (χ3v) is 4.89. The van der Waals surface area contributed by atoms with Crippen molar-refractivity contribution in [1.29, 1.82) is 0 Å². The van der Waals surface area contributed by atoms with Gasteiger partial charge in [0.25, 0.3) is 0 Å². The predicted molar refractivity (Wildman–Crippen MR) is 75.4 cm³/mol. The molecule has 2 rings (SSSR count). The van der Waals surface area contributed by atoms with Gasteiger partial charge in [-0.3, -0.25) is 4.90 Å². The van der Waals surface area contributed by atoms with Crippen LogP contribution < -0.4 is 5.73 Å². The standard InChI is InChI=1S/C14H24N2S/c1-2-13-6-7-14(17-13)11-16-10-4-3-5-12(16)8-9-15/h6-7,12H,2-5,8-11,15H2,1H3. The summed E-state index contributed by atoms with van der Waals surface area (Å²) in [5, 5.41) is 0. The molecule has 0 aromatic carbocycles. The lowest BCUT2D eigenvalue weighted by molar-refractivity contribution is 0.135. The Bertz CT molecular complexity index is 333. The normalized spacial score (nSPS) is 21.9. The van der Waals surface area contributed by atoms with Gasteiger partial charge in [-0.25, -0.2) is 0 Å². The average Bonchev–Trinajstić information content (AvgIpc) is 2.80. The van der Waals surface area contributed by atoms with Gasteiger partial charge in [0.2, 0.25) is 0 Å². The van der Waals surface area contributed by atoms with E-state index in [9.17, 15) is 0 Å². The van der Waals surface area contributed by atoms with Crippen molar-refractivity contribution in [3.8, 4) is 0 Å². The van der Waals surface area contributed by atoms with Crippen molar-refractivity contribution < 1.29 is 0 Å². The number of piperidine rings is 1. The molecule has 1 unspecified atom stereocenters. The summed E-state index contributed by atoms with van der Waals surface area (Å²) >= 11 is 1.97. The molecule has 0 amide bonds. The third-order valence-electron chi connectivity index (χ3n) is 3.67. The first kappa shape index (κ1) is 13.1. The molecular weight excluding hydrogens is 228 g/mol. The van der Waals surface area contributed by atoms with Crippen molar-refractivity contribution in [3.05, 3.63) is 21.9 Å². The molecule has 0 aliphatic carbocycles. The van der Waals surface area contributed by atoms with Crippen LogP contribution in [0, 0.1) is 0 Å². The highest BCUT2D eigenvalue weighted by atomic mass is 32.1. The van der Waals surface area contributed by atoms with Crippen molar-refractivity contribution >= 4 is 11.3 Å². The Balaban J connectivity index is 1.95. The second-order valence-electron chi connectivity index (χ2n) is 4.92. The number of nitrogens with two attached hydrogens (primary N) is 1. The molecule has 1 aromatic heterocycles. The summed E-state index contributed by atoms with van der Waals surface area (Å²) in [6.45, 7) is 5.44. The van der Waals surface area contributed by atoms with Gasteiger partial charge in [0, 0.05) is 22.3 Å². The molecule has 96 valence electrons. The monoisotopic (exact) mass is 252 g/mol. The maximum Gasteiger partial charge on any atom is 0.0330 e. The van der Waals surface area contributed by atoms with Crippen LogP contribution in [0.1, 0.15) is 42.4 Å². The number of hydrogen-bond donors (Lipinski definition) is 1. The van der Waals surface area contributed by atoms with Crippen LogP contribution in [0.5, 0.6) is 0 Å². The molecule has 1 aliphatic rings. The zero-order valence-electron chi connectivity index (χ0n) is 10.8. The molecule has 0 saturated carbocycles.